The fourth-order valence-corrected chi connectivity index (χ4v) is 4.80. The molecule has 9 heteroatoms. The Kier molecular flexibility index (Phi) is 6.41. The first-order chi connectivity index (χ1) is 16.0. The van der Waals surface area contributed by atoms with Gasteiger partial charge in [0.25, 0.3) is 5.56 Å². The Bertz CT molecular complexity index is 1410. The molecule has 3 heterocycles. The molecular formula is C24H23N3O5S. The van der Waals surface area contributed by atoms with Crippen molar-refractivity contribution in [1.29, 1.82) is 0 Å². The van der Waals surface area contributed by atoms with Gasteiger partial charge in [-0.3, -0.25) is 14.3 Å². The first-order valence-electron chi connectivity index (χ1n) is 10.3. The number of esters is 1. The minimum atomic E-state index is -0.790. The molecule has 1 atom stereocenters. The Balaban J connectivity index is 2.02. The van der Waals surface area contributed by atoms with E-state index in [9.17, 15) is 9.59 Å². The number of carbonyl (C=O) groups is 1. The van der Waals surface area contributed by atoms with E-state index in [0.29, 0.717) is 32.1 Å². The third-order valence-electron chi connectivity index (χ3n) is 5.23. The lowest BCUT2D eigenvalue weighted by molar-refractivity contribution is -0.139. The highest BCUT2D eigenvalue weighted by molar-refractivity contribution is 7.07. The van der Waals surface area contributed by atoms with Crippen LogP contribution in [0, 0.1) is 0 Å². The van der Waals surface area contributed by atoms with Gasteiger partial charge in [-0.25, -0.2) is 9.79 Å². The van der Waals surface area contributed by atoms with Crippen molar-refractivity contribution in [2.24, 2.45) is 4.99 Å². The molecule has 0 N–H and O–H groups in total. The average molecular weight is 466 g/mol. The molecule has 170 valence electrons. The van der Waals surface area contributed by atoms with Gasteiger partial charge in [-0.2, -0.15) is 0 Å². The van der Waals surface area contributed by atoms with Crippen molar-refractivity contribution in [2.45, 2.75) is 19.9 Å². The third-order valence-corrected chi connectivity index (χ3v) is 6.21. The Morgan fingerprint density at radius 1 is 1.24 bits per heavy atom. The van der Waals surface area contributed by atoms with Gasteiger partial charge >= 0.3 is 5.97 Å². The van der Waals surface area contributed by atoms with Gasteiger partial charge in [-0.15, -0.1) is 0 Å². The van der Waals surface area contributed by atoms with Gasteiger partial charge in [-0.05, 0) is 49.8 Å². The van der Waals surface area contributed by atoms with Gasteiger partial charge < -0.3 is 14.2 Å². The standard InChI is InChI=1S/C24H23N3O5S/c1-5-32-23(29)20-14(2)26-24-27(21(20)17-12-16(30-3)8-9-18(17)31-4)22(28)19(33-24)11-15-7-6-10-25-13-15/h6-13,21H,5H2,1-4H3. The zero-order valence-electron chi connectivity index (χ0n) is 18.7. The number of hydrogen-bond donors (Lipinski definition) is 0. The van der Waals surface area contributed by atoms with E-state index in [-0.39, 0.29) is 17.7 Å². The summed E-state index contributed by atoms with van der Waals surface area (Å²) in [7, 11) is 3.09. The molecule has 0 amide bonds. The fourth-order valence-electron chi connectivity index (χ4n) is 3.75. The van der Waals surface area contributed by atoms with E-state index in [1.165, 1.54) is 23.0 Å². The maximum atomic E-state index is 13.6. The lowest BCUT2D eigenvalue weighted by Gasteiger charge is -2.26. The van der Waals surface area contributed by atoms with Crippen LogP contribution in [-0.4, -0.2) is 36.3 Å². The van der Waals surface area contributed by atoms with Crippen molar-refractivity contribution in [1.82, 2.24) is 9.55 Å². The summed E-state index contributed by atoms with van der Waals surface area (Å²) in [6.07, 6.45) is 5.11. The van der Waals surface area contributed by atoms with Crippen LogP contribution in [0.1, 0.15) is 31.0 Å². The zero-order valence-corrected chi connectivity index (χ0v) is 19.5. The van der Waals surface area contributed by atoms with Crippen molar-refractivity contribution < 1.29 is 19.0 Å². The number of carbonyl (C=O) groups excluding carboxylic acids is 1. The van der Waals surface area contributed by atoms with Gasteiger partial charge in [0.1, 0.15) is 17.5 Å². The highest BCUT2D eigenvalue weighted by Crippen LogP contribution is 2.37. The number of benzene rings is 1. The lowest BCUT2D eigenvalue weighted by Crippen LogP contribution is -2.40. The van der Waals surface area contributed by atoms with Gasteiger partial charge in [0.2, 0.25) is 0 Å². The number of pyridine rings is 1. The minimum absolute atomic E-state index is 0.197. The quantitative estimate of drug-likeness (QED) is 0.519. The van der Waals surface area contributed by atoms with E-state index in [1.54, 1.807) is 63.7 Å². The fraction of sp³-hybridized carbons (Fsp3) is 0.250. The van der Waals surface area contributed by atoms with Crippen LogP contribution in [0.25, 0.3) is 6.08 Å². The minimum Gasteiger partial charge on any atom is -0.497 e. The van der Waals surface area contributed by atoms with Crippen LogP contribution in [0.4, 0.5) is 0 Å². The number of nitrogens with zero attached hydrogens (tertiary/aromatic N) is 3. The van der Waals surface area contributed by atoms with Crippen molar-refractivity contribution in [3.8, 4) is 11.5 Å². The number of allylic oxidation sites excluding steroid dienone is 1. The molecular weight excluding hydrogens is 442 g/mol. The molecule has 2 aromatic heterocycles. The maximum absolute atomic E-state index is 13.6. The van der Waals surface area contributed by atoms with E-state index in [1.807, 2.05) is 6.07 Å². The summed E-state index contributed by atoms with van der Waals surface area (Å²) in [5, 5.41) is 0. The SMILES string of the molecule is CCOC(=O)C1=C(C)N=c2sc(=Cc3cccnc3)c(=O)n2C1c1cc(OC)ccc1OC. The average Bonchev–Trinajstić information content (AvgIpc) is 3.12. The highest BCUT2D eigenvalue weighted by Gasteiger charge is 2.35. The molecule has 33 heavy (non-hydrogen) atoms. The van der Waals surface area contributed by atoms with E-state index in [4.69, 9.17) is 14.2 Å². The van der Waals surface area contributed by atoms with E-state index < -0.39 is 12.0 Å². The zero-order chi connectivity index (χ0) is 23.5. The van der Waals surface area contributed by atoms with Crippen molar-refractivity contribution >= 4 is 23.4 Å². The van der Waals surface area contributed by atoms with Crippen LogP contribution < -0.4 is 24.4 Å². The molecule has 0 fully saturated rings. The molecule has 0 saturated carbocycles. The molecule has 0 spiro atoms. The number of fused-ring (bicyclic) bond motifs is 1. The molecule has 0 radical (unpaired) electrons. The molecule has 8 nitrogen and oxygen atoms in total. The second kappa shape index (κ2) is 9.41. The van der Waals surface area contributed by atoms with Gasteiger partial charge in [0, 0.05) is 18.0 Å². The molecule has 3 aromatic rings. The van der Waals surface area contributed by atoms with E-state index in [0.717, 1.165) is 5.56 Å². The van der Waals surface area contributed by atoms with Gasteiger partial charge in [0.15, 0.2) is 4.80 Å². The van der Waals surface area contributed by atoms with Crippen molar-refractivity contribution in [3.05, 3.63) is 84.8 Å². The predicted octanol–water partition coefficient (Wildman–Crippen LogP) is 2.21. The summed E-state index contributed by atoms with van der Waals surface area (Å²) < 4.78 is 18.3. The second-order valence-electron chi connectivity index (χ2n) is 7.20. The Morgan fingerprint density at radius 2 is 2.06 bits per heavy atom. The molecule has 1 unspecified atom stereocenters. The maximum Gasteiger partial charge on any atom is 0.338 e. The number of methoxy groups -OCH3 is 2. The monoisotopic (exact) mass is 465 g/mol. The Morgan fingerprint density at radius 3 is 2.73 bits per heavy atom. The molecule has 1 aromatic carbocycles. The summed E-state index contributed by atoms with van der Waals surface area (Å²) in [4.78, 5) is 35.8. The molecule has 0 aliphatic carbocycles. The second-order valence-corrected chi connectivity index (χ2v) is 8.21. The normalized spacial score (nSPS) is 15.6. The van der Waals surface area contributed by atoms with Crippen LogP contribution in [0.15, 0.2) is 63.8 Å². The molecule has 1 aliphatic heterocycles. The smallest absolute Gasteiger partial charge is 0.338 e. The van der Waals surface area contributed by atoms with Crippen LogP contribution in [0.2, 0.25) is 0 Å². The van der Waals surface area contributed by atoms with Crippen molar-refractivity contribution in [2.75, 3.05) is 20.8 Å². The van der Waals surface area contributed by atoms with Crippen molar-refractivity contribution in [3.63, 3.8) is 0 Å². The summed E-state index contributed by atoms with van der Waals surface area (Å²) in [5.74, 6) is 0.551. The number of hydrogen-bond acceptors (Lipinski definition) is 8. The van der Waals surface area contributed by atoms with Gasteiger partial charge in [-0.1, -0.05) is 17.4 Å². The van der Waals surface area contributed by atoms with Crippen LogP contribution >= 0.6 is 11.3 Å². The topological polar surface area (TPSA) is 92.0 Å². The third kappa shape index (κ3) is 4.19. The first kappa shape index (κ1) is 22.5. The number of rotatable bonds is 6. The number of aromatic nitrogens is 2. The Labute approximate surface area is 194 Å². The highest BCUT2D eigenvalue weighted by atomic mass is 32.1. The van der Waals surface area contributed by atoms with Crippen LogP contribution in [0.5, 0.6) is 11.5 Å². The predicted molar refractivity (Wildman–Crippen MR) is 124 cm³/mol. The van der Waals surface area contributed by atoms with E-state index in [2.05, 4.69) is 9.98 Å². The lowest BCUT2D eigenvalue weighted by atomic mass is 9.94. The molecule has 0 bridgehead atoms. The van der Waals surface area contributed by atoms with Crippen LogP contribution in [0.3, 0.4) is 0 Å². The number of ether oxygens (including phenoxy) is 3. The summed E-state index contributed by atoms with van der Waals surface area (Å²) in [5.41, 5.74) is 1.89. The molecule has 1 aliphatic rings. The molecule has 4 rings (SSSR count). The summed E-state index contributed by atoms with van der Waals surface area (Å²) in [6.45, 7) is 3.67. The largest absolute Gasteiger partial charge is 0.497 e. The summed E-state index contributed by atoms with van der Waals surface area (Å²) >= 11 is 1.25. The van der Waals surface area contributed by atoms with Crippen LogP contribution in [-0.2, 0) is 9.53 Å². The first-order valence-corrected chi connectivity index (χ1v) is 11.1. The van der Waals surface area contributed by atoms with E-state index >= 15 is 0 Å². The summed E-state index contributed by atoms with van der Waals surface area (Å²) in [6, 6.07) is 8.15. The van der Waals surface area contributed by atoms with Gasteiger partial charge in [0.05, 0.1) is 36.6 Å². The number of thiazole rings is 1. The molecule has 0 saturated heterocycles. The Hall–Kier alpha value is -3.72.